The van der Waals surface area contributed by atoms with Gasteiger partial charge in [-0.05, 0) is 32.5 Å². The number of aryl methyl sites for hydroxylation is 2. The van der Waals surface area contributed by atoms with Gasteiger partial charge in [0.1, 0.15) is 10.5 Å². The fraction of sp³-hybridized carbons (Fsp3) is 0.462. The molecule has 0 aliphatic rings. The molecule has 0 aliphatic heterocycles. The Morgan fingerprint density at radius 2 is 2.25 bits per heavy atom. The summed E-state index contributed by atoms with van der Waals surface area (Å²) in [6, 6.07) is 0.164. The number of fused-ring (bicyclic) bond motifs is 1. The zero-order valence-electron chi connectivity index (χ0n) is 11.8. The molecule has 3 aromatic heterocycles. The highest BCUT2D eigenvalue weighted by Gasteiger charge is 2.22. The fourth-order valence-corrected chi connectivity index (χ4v) is 3.73. The maximum Gasteiger partial charge on any atom is 0.179 e. The molecule has 1 atom stereocenters. The van der Waals surface area contributed by atoms with Crippen molar-refractivity contribution in [2.45, 2.75) is 39.8 Å². The summed E-state index contributed by atoms with van der Waals surface area (Å²) in [4.78, 5) is 7.76. The minimum atomic E-state index is 0.164. The summed E-state index contributed by atoms with van der Waals surface area (Å²) >= 11 is 7.20. The van der Waals surface area contributed by atoms with Crippen molar-refractivity contribution in [2.24, 2.45) is 0 Å². The lowest BCUT2D eigenvalue weighted by atomic mass is 10.2. The van der Waals surface area contributed by atoms with Crippen molar-refractivity contribution in [1.82, 2.24) is 24.3 Å². The smallest absolute Gasteiger partial charge is 0.179 e. The Bertz CT molecular complexity index is 778. The molecule has 0 amide bonds. The molecule has 0 bridgehead atoms. The summed E-state index contributed by atoms with van der Waals surface area (Å²) in [6.45, 7) is 7.09. The number of hydrogen-bond donors (Lipinski definition) is 1. The summed E-state index contributed by atoms with van der Waals surface area (Å²) in [5.74, 6) is 0. The highest BCUT2D eigenvalue weighted by molar-refractivity contribution is 7.71. The minimum Gasteiger partial charge on any atom is -0.328 e. The van der Waals surface area contributed by atoms with Crippen LogP contribution in [0, 0.1) is 11.7 Å². The highest BCUT2D eigenvalue weighted by atomic mass is 32.1. The van der Waals surface area contributed by atoms with E-state index >= 15 is 0 Å². The van der Waals surface area contributed by atoms with Crippen molar-refractivity contribution in [2.75, 3.05) is 0 Å². The Kier molecular flexibility index (Phi) is 3.47. The molecule has 0 aliphatic carbocycles. The van der Waals surface area contributed by atoms with Crippen LogP contribution in [0.25, 0.3) is 11.2 Å². The summed E-state index contributed by atoms with van der Waals surface area (Å²) in [6.07, 6.45) is 2.79. The molecular weight excluding hydrogens is 290 g/mol. The first-order chi connectivity index (χ1) is 9.67. The zero-order valence-corrected chi connectivity index (χ0v) is 13.4. The van der Waals surface area contributed by atoms with Crippen LogP contribution in [0.5, 0.6) is 0 Å². The van der Waals surface area contributed by atoms with Gasteiger partial charge in [-0.3, -0.25) is 4.57 Å². The fourth-order valence-electron chi connectivity index (χ4n) is 2.60. The van der Waals surface area contributed by atoms with E-state index in [2.05, 4.69) is 33.5 Å². The Labute approximate surface area is 126 Å². The van der Waals surface area contributed by atoms with Crippen LogP contribution in [0.2, 0.25) is 0 Å². The van der Waals surface area contributed by atoms with Gasteiger partial charge in [0.25, 0.3) is 0 Å². The predicted molar refractivity (Wildman–Crippen MR) is 83.9 cm³/mol. The minimum absolute atomic E-state index is 0.164. The molecule has 0 spiro atoms. The molecule has 5 nitrogen and oxygen atoms in total. The van der Waals surface area contributed by atoms with Crippen LogP contribution in [-0.4, -0.2) is 24.3 Å². The molecule has 0 fully saturated rings. The third-order valence-corrected chi connectivity index (χ3v) is 4.69. The monoisotopic (exact) mass is 307 g/mol. The molecule has 3 rings (SSSR count). The highest BCUT2D eigenvalue weighted by Crippen LogP contribution is 2.29. The maximum absolute atomic E-state index is 5.53. The van der Waals surface area contributed by atoms with Crippen molar-refractivity contribution in [3.63, 3.8) is 0 Å². The summed E-state index contributed by atoms with van der Waals surface area (Å²) in [5, 5.41) is 7.67. The first kappa shape index (κ1) is 13.5. The lowest BCUT2D eigenvalue weighted by molar-refractivity contribution is 0.546. The summed E-state index contributed by atoms with van der Waals surface area (Å²) in [5.41, 5.74) is 3.09. The number of aromatic amines is 1. The van der Waals surface area contributed by atoms with Gasteiger partial charge < -0.3 is 4.98 Å². The molecule has 106 valence electrons. The molecule has 20 heavy (non-hydrogen) atoms. The molecule has 0 saturated heterocycles. The van der Waals surface area contributed by atoms with Crippen molar-refractivity contribution < 1.29 is 0 Å². The Morgan fingerprint density at radius 3 is 2.85 bits per heavy atom. The van der Waals surface area contributed by atoms with Gasteiger partial charge in [-0.1, -0.05) is 6.92 Å². The van der Waals surface area contributed by atoms with Crippen molar-refractivity contribution in [3.8, 4) is 0 Å². The van der Waals surface area contributed by atoms with E-state index in [1.165, 1.54) is 0 Å². The van der Waals surface area contributed by atoms with Crippen molar-refractivity contribution >= 4 is 34.7 Å². The SMILES string of the molecule is CCC(c1nccs1)n1c(=S)[nH]c2c(C)nn(CC)c21. The number of thiazole rings is 1. The van der Waals surface area contributed by atoms with E-state index in [0.29, 0.717) is 0 Å². The van der Waals surface area contributed by atoms with E-state index in [1.807, 2.05) is 23.2 Å². The standard InChI is InChI=1S/C13H17N5S2/c1-4-9(11-14-6-7-20-11)18-12-10(15-13(18)19)8(3)16-17(12)5-2/h6-7,9H,4-5H2,1-3H3,(H,15,19). The van der Waals surface area contributed by atoms with E-state index in [-0.39, 0.29) is 6.04 Å². The van der Waals surface area contributed by atoms with Gasteiger partial charge in [0.05, 0.1) is 11.7 Å². The maximum atomic E-state index is 5.53. The van der Waals surface area contributed by atoms with Crippen LogP contribution in [0.3, 0.4) is 0 Å². The number of nitrogens with one attached hydrogen (secondary N) is 1. The Balaban J connectivity index is 2.29. The first-order valence-electron chi connectivity index (χ1n) is 6.74. The number of hydrogen-bond acceptors (Lipinski definition) is 4. The van der Waals surface area contributed by atoms with Gasteiger partial charge in [-0.15, -0.1) is 11.3 Å². The molecule has 0 aromatic carbocycles. The third kappa shape index (κ3) is 1.92. The van der Waals surface area contributed by atoms with E-state index in [0.717, 1.165) is 39.6 Å². The Hall–Kier alpha value is -1.47. The van der Waals surface area contributed by atoms with Crippen LogP contribution in [0.15, 0.2) is 11.6 Å². The molecular formula is C13H17N5S2. The second kappa shape index (κ2) is 5.14. The van der Waals surface area contributed by atoms with Gasteiger partial charge in [-0.2, -0.15) is 5.10 Å². The predicted octanol–water partition coefficient (Wildman–Crippen LogP) is 3.68. The summed E-state index contributed by atoms with van der Waals surface area (Å²) < 4.78 is 4.91. The average Bonchev–Trinajstić information content (AvgIpc) is 3.12. The number of nitrogens with zero attached hydrogens (tertiary/aromatic N) is 4. The number of H-pyrrole nitrogens is 1. The molecule has 3 heterocycles. The van der Waals surface area contributed by atoms with E-state index in [4.69, 9.17) is 12.2 Å². The van der Waals surface area contributed by atoms with Crippen LogP contribution in [-0.2, 0) is 6.54 Å². The second-order valence-corrected chi connectivity index (χ2v) is 6.01. The second-order valence-electron chi connectivity index (χ2n) is 4.69. The van der Waals surface area contributed by atoms with Crippen molar-refractivity contribution in [1.29, 1.82) is 0 Å². The molecule has 1 N–H and O–H groups in total. The number of aromatic nitrogens is 5. The van der Waals surface area contributed by atoms with Crippen LogP contribution in [0.4, 0.5) is 0 Å². The van der Waals surface area contributed by atoms with Crippen LogP contribution in [0.1, 0.15) is 37.0 Å². The van der Waals surface area contributed by atoms with E-state index < -0.39 is 0 Å². The Morgan fingerprint density at radius 1 is 1.45 bits per heavy atom. The van der Waals surface area contributed by atoms with Crippen molar-refractivity contribution in [3.05, 3.63) is 27.0 Å². The topological polar surface area (TPSA) is 51.4 Å². The number of rotatable bonds is 4. The molecule has 0 radical (unpaired) electrons. The summed E-state index contributed by atoms with van der Waals surface area (Å²) in [7, 11) is 0. The van der Waals surface area contributed by atoms with Gasteiger partial charge in [0.2, 0.25) is 0 Å². The van der Waals surface area contributed by atoms with E-state index in [1.54, 1.807) is 11.3 Å². The molecule has 0 saturated carbocycles. The largest absolute Gasteiger partial charge is 0.328 e. The molecule has 7 heteroatoms. The third-order valence-electron chi connectivity index (χ3n) is 3.51. The average molecular weight is 307 g/mol. The normalized spacial score (nSPS) is 13.2. The zero-order chi connectivity index (χ0) is 14.3. The lowest BCUT2D eigenvalue weighted by Crippen LogP contribution is -2.12. The van der Waals surface area contributed by atoms with Gasteiger partial charge in [0, 0.05) is 18.1 Å². The number of imidazole rings is 1. The van der Waals surface area contributed by atoms with Gasteiger partial charge in [-0.25, -0.2) is 9.67 Å². The van der Waals surface area contributed by atoms with Gasteiger partial charge in [0.15, 0.2) is 10.4 Å². The van der Waals surface area contributed by atoms with Crippen LogP contribution >= 0.6 is 23.6 Å². The van der Waals surface area contributed by atoms with Crippen LogP contribution < -0.4 is 0 Å². The van der Waals surface area contributed by atoms with Gasteiger partial charge >= 0.3 is 0 Å². The molecule has 1 unspecified atom stereocenters. The quantitative estimate of drug-likeness (QED) is 0.748. The first-order valence-corrected chi connectivity index (χ1v) is 8.03. The lowest BCUT2D eigenvalue weighted by Gasteiger charge is -2.15. The molecule has 3 aromatic rings. The van der Waals surface area contributed by atoms with E-state index in [9.17, 15) is 0 Å².